The van der Waals surface area contributed by atoms with Gasteiger partial charge in [-0.1, -0.05) is 0 Å². The third-order valence-electron chi connectivity index (χ3n) is 2.99. The Morgan fingerprint density at radius 1 is 1.20 bits per heavy atom. The average Bonchev–Trinajstić information content (AvgIpc) is 2.86. The van der Waals surface area contributed by atoms with Crippen molar-refractivity contribution in [2.75, 3.05) is 11.5 Å². The van der Waals surface area contributed by atoms with E-state index in [0.717, 1.165) is 12.8 Å². The Kier molecular flexibility index (Phi) is 2.33. The highest BCUT2D eigenvalue weighted by molar-refractivity contribution is 7.94. The van der Waals surface area contributed by atoms with Crippen molar-refractivity contribution in [3.05, 3.63) is 0 Å². The number of rotatable bonds is 2. The van der Waals surface area contributed by atoms with Gasteiger partial charge in [-0.25, -0.2) is 4.21 Å². The fourth-order valence-corrected chi connectivity index (χ4v) is 3.91. The average molecular weight is 231 g/mol. The van der Waals surface area contributed by atoms with Gasteiger partial charge >= 0.3 is 5.97 Å². The third kappa shape index (κ3) is 1.78. The van der Waals surface area contributed by atoms with E-state index in [1.807, 2.05) is 0 Å². The third-order valence-corrected chi connectivity index (χ3v) is 5.35. The molecule has 1 saturated heterocycles. The Bertz CT molecular complexity index is 417. The molecule has 5 nitrogen and oxygen atoms in total. The molecule has 1 aliphatic carbocycles. The standard InChI is InChI=1S/C9H13NO4S/c11-7(9(3-4-9)8(12)13)10-15(14)5-1-2-6-15/h1-6H2,(H,12,13). The van der Waals surface area contributed by atoms with E-state index in [0.29, 0.717) is 24.3 Å². The summed E-state index contributed by atoms with van der Waals surface area (Å²) in [7, 11) is -2.42. The Labute approximate surface area is 88.0 Å². The van der Waals surface area contributed by atoms with Crippen LogP contribution in [0.5, 0.6) is 0 Å². The number of aliphatic carboxylic acids is 1. The first kappa shape index (κ1) is 10.6. The van der Waals surface area contributed by atoms with Crippen molar-refractivity contribution < 1.29 is 18.9 Å². The first-order valence-electron chi connectivity index (χ1n) is 4.99. The van der Waals surface area contributed by atoms with Gasteiger partial charge in [0.25, 0.3) is 5.91 Å². The minimum atomic E-state index is -2.42. The normalized spacial score (nSPS) is 25.9. The fourth-order valence-electron chi connectivity index (χ4n) is 1.73. The highest BCUT2D eigenvalue weighted by Gasteiger charge is 2.57. The molecule has 0 aromatic heterocycles. The molecule has 2 fully saturated rings. The van der Waals surface area contributed by atoms with E-state index in [-0.39, 0.29) is 0 Å². The van der Waals surface area contributed by atoms with Crippen LogP contribution in [0.4, 0.5) is 0 Å². The van der Waals surface area contributed by atoms with E-state index in [9.17, 15) is 13.8 Å². The zero-order valence-electron chi connectivity index (χ0n) is 8.27. The number of carbonyl (C=O) groups excluding carboxylic acids is 1. The first-order valence-corrected chi connectivity index (χ1v) is 6.84. The van der Waals surface area contributed by atoms with Crippen molar-refractivity contribution in [1.29, 1.82) is 0 Å². The highest BCUT2D eigenvalue weighted by Crippen LogP contribution is 2.47. The van der Waals surface area contributed by atoms with Crippen LogP contribution in [0.1, 0.15) is 25.7 Å². The zero-order chi connectivity index (χ0) is 11.1. The Morgan fingerprint density at radius 2 is 1.73 bits per heavy atom. The molecule has 0 aromatic carbocycles. The molecule has 1 aliphatic heterocycles. The Balaban J connectivity index is 2.24. The van der Waals surface area contributed by atoms with Crippen LogP contribution in [0.15, 0.2) is 4.36 Å². The van der Waals surface area contributed by atoms with Crippen molar-refractivity contribution >= 4 is 21.6 Å². The monoisotopic (exact) mass is 231 g/mol. The molecule has 1 amide bonds. The lowest BCUT2D eigenvalue weighted by Crippen LogP contribution is -2.25. The summed E-state index contributed by atoms with van der Waals surface area (Å²) < 4.78 is 15.6. The summed E-state index contributed by atoms with van der Waals surface area (Å²) in [5.41, 5.74) is -1.33. The molecule has 0 bridgehead atoms. The first-order chi connectivity index (χ1) is 6.99. The van der Waals surface area contributed by atoms with E-state index in [1.165, 1.54) is 0 Å². The van der Waals surface area contributed by atoms with E-state index in [4.69, 9.17) is 5.11 Å². The van der Waals surface area contributed by atoms with Crippen LogP contribution in [0.2, 0.25) is 0 Å². The van der Waals surface area contributed by atoms with Crippen LogP contribution in [0.3, 0.4) is 0 Å². The maximum Gasteiger partial charge on any atom is 0.319 e. The minimum absolute atomic E-state index is 0.334. The molecule has 0 unspecified atom stereocenters. The van der Waals surface area contributed by atoms with Crippen LogP contribution >= 0.6 is 0 Å². The van der Waals surface area contributed by atoms with E-state index in [2.05, 4.69) is 4.36 Å². The Hall–Kier alpha value is -0.910. The van der Waals surface area contributed by atoms with Gasteiger partial charge in [0, 0.05) is 11.5 Å². The topological polar surface area (TPSA) is 83.8 Å². The van der Waals surface area contributed by atoms with Crippen LogP contribution < -0.4 is 0 Å². The molecule has 84 valence electrons. The SMILES string of the molecule is O=C(O)C1(C(=O)N=S2(=O)CCCC2)CC1. The van der Waals surface area contributed by atoms with Crippen LogP contribution in [-0.4, -0.2) is 32.7 Å². The second-order valence-corrected chi connectivity index (χ2v) is 6.72. The van der Waals surface area contributed by atoms with Gasteiger partial charge in [-0.2, -0.15) is 4.36 Å². The molecule has 0 aromatic rings. The second-order valence-electron chi connectivity index (χ2n) is 4.17. The van der Waals surface area contributed by atoms with Gasteiger partial charge in [-0.15, -0.1) is 0 Å². The fraction of sp³-hybridized carbons (Fsp3) is 0.778. The number of hydrogen-bond donors (Lipinski definition) is 1. The van der Waals surface area contributed by atoms with E-state index < -0.39 is 27.0 Å². The summed E-state index contributed by atoms with van der Waals surface area (Å²) in [6, 6.07) is 0. The molecule has 2 aliphatic rings. The Morgan fingerprint density at radius 3 is 2.13 bits per heavy atom. The van der Waals surface area contributed by atoms with E-state index in [1.54, 1.807) is 0 Å². The molecule has 6 heteroatoms. The molecular formula is C9H13NO4S. The van der Waals surface area contributed by atoms with Crippen molar-refractivity contribution in [3.8, 4) is 0 Å². The number of hydrogen-bond acceptors (Lipinski definition) is 3. The van der Waals surface area contributed by atoms with Crippen molar-refractivity contribution in [3.63, 3.8) is 0 Å². The molecule has 0 radical (unpaired) electrons. The summed E-state index contributed by atoms with van der Waals surface area (Å²) in [6.45, 7) is 0. The van der Waals surface area contributed by atoms with Crippen LogP contribution in [0.25, 0.3) is 0 Å². The molecule has 2 rings (SSSR count). The van der Waals surface area contributed by atoms with Gasteiger partial charge in [0.05, 0.1) is 9.73 Å². The number of amides is 1. The zero-order valence-corrected chi connectivity index (χ0v) is 9.09. The summed E-state index contributed by atoms with van der Waals surface area (Å²) in [5, 5.41) is 8.86. The maximum absolute atomic E-state index is 11.9. The van der Waals surface area contributed by atoms with E-state index >= 15 is 0 Å². The summed E-state index contributed by atoms with van der Waals surface area (Å²) in [5.74, 6) is -0.928. The number of carboxylic acid groups (broad SMARTS) is 1. The lowest BCUT2D eigenvalue weighted by Gasteiger charge is -2.05. The molecule has 0 spiro atoms. The molecule has 15 heavy (non-hydrogen) atoms. The highest BCUT2D eigenvalue weighted by atomic mass is 32.2. The predicted octanol–water partition coefficient (Wildman–Crippen LogP) is 0.640. The van der Waals surface area contributed by atoms with Crippen LogP contribution in [-0.2, 0) is 19.3 Å². The summed E-state index contributed by atoms with van der Waals surface area (Å²) >= 11 is 0. The van der Waals surface area contributed by atoms with Crippen molar-refractivity contribution in [2.45, 2.75) is 25.7 Å². The summed E-state index contributed by atoms with van der Waals surface area (Å²) in [4.78, 5) is 22.4. The van der Waals surface area contributed by atoms with Gasteiger partial charge in [0.15, 0.2) is 0 Å². The van der Waals surface area contributed by atoms with Crippen molar-refractivity contribution in [1.82, 2.24) is 0 Å². The van der Waals surface area contributed by atoms with Gasteiger partial charge in [0.2, 0.25) is 0 Å². The van der Waals surface area contributed by atoms with Gasteiger partial charge in [-0.05, 0) is 25.7 Å². The number of carbonyl (C=O) groups is 2. The van der Waals surface area contributed by atoms with Gasteiger partial charge in [-0.3, -0.25) is 9.59 Å². The molecule has 1 N–H and O–H groups in total. The molecular weight excluding hydrogens is 218 g/mol. The number of nitrogens with zero attached hydrogens (tertiary/aromatic N) is 1. The largest absolute Gasteiger partial charge is 0.480 e. The van der Waals surface area contributed by atoms with Gasteiger partial charge < -0.3 is 5.11 Å². The smallest absolute Gasteiger partial charge is 0.319 e. The molecule has 0 atom stereocenters. The number of carboxylic acids is 1. The van der Waals surface area contributed by atoms with Gasteiger partial charge in [0.1, 0.15) is 5.41 Å². The second kappa shape index (κ2) is 3.30. The summed E-state index contributed by atoms with van der Waals surface area (Å²) in [6.07, 6.45) is 2.30. The predicted molar refractivity (Wildman–Crippen MR) is 53.8 cm³/mol. The quantitative estimate of drug-likeness (QED) is 0.707. The molecule has 1 saturated carbocycles. The van der Waals surface area contributed by atoms with Crippen molar-refractivity contribution in [2.24, 2.45) is 9.78 Å². The lowest BCUT2D eigenvalue weighted by molar-refractivity contribution is -0.147. The lowest BCUT2D eigenvalue weighted by atomic mass is 10.1. The molecule has 1 heterocycles. The van der Waals surface area contributed by atoms with Crippen LogP contribution in [0, 0.1) is 5.41 Å². The minimum Gasteiger partial charge on any atom is -0.480 e. The maximum atomic E-state index is 11.9.